The molecule has 5 nitrogen and oxygen atoms in total. The molecule has 0 N–H and O–H groups in total. The van der Waals surface area contributed by atoms with E-state index < -0.39 is 17.4 Å². The van der Waals surface area contributed by atoms with Gasteiger partial charge in [0.1, 0.15) is 5.78 Å². The maximum atomic E-state index is 12.3. The van der Waals surface area contributed by atoms with Crippen LogP contribution in [0.5, 0.6) is 0 Å². The van der Waals surface area contributed by atoms with Gasteiger partial charge in [-0.1, -0.05) is 6.92 Å². The summed E-state index contributed by atoms with van der Waals surface area (Å²) in [5.74, 6) is -0.630. The minimum absolute atomic E-state index is 0.0780. The summed E-state index contributed by atoms with van der Waals surface area (Å²) in [5.41, 5.74) is -1.20. The fraction of sp³-hybridized carbons (Fsp3) is 0.800. The minimum atomic E-state index is -1.20. The topological polar surface area (TPSA) is 69.7 Å². The van der Waals surface area contributed by atoms with Crippen molar-refractivity contribution in [2.45, 2.75) is 40.0 Å². The van der Waals surface area contributed by atoms with Gasteiger partial charge in [0, 0.05) is 12.3 Å². The first kappa shape index (κ1) is 15.0. The van der Waals surface area contributed by atoms with Gasteiger partial charge in [-0.15, -0.1) is 0 Å². The van der Waals surface area contributed by atoms with Crippen molar-refractivity contribution in [1.29, 1.82) is 0 Å². The lowest BCUT2D eigenvalue weighted by Crippen LogP contribution is -2.41. The number of Topliss-reactive ketones (excluding diaryl/α,β-unsaturated/α-hetero) is 1. The third-order valence-electron chi connectivity index (χ3n) is 4.75. The highest BCUT2D eigenvalue weighted by molar-refractivity contribution is 6.01. The smallest absolute Gasteiger partial charge is 0.323 e. The molecule has 0 aromatic rings. The Morgan fingerprint density at radius 3 is 2.15 bits per heavy atom. The zero-order valence-corrected chi connectivity index (χ0v) is 12.3. The summed E-state index contributed by atoms with van der Waals surface area (Å²) in [5, 5.41) is 0. The normalized spacial score (nSPS) is 30.9. The summed E-state index contributed by atoms with van der Waals surface area (Å²) in [4.78, 5) is 36.3. The molecule has 0 unspecified atom stereocenters. The number of ether oxygens (including phenoxy) is 2. The highest BCUT2D eigenvalue weighted by Crippen LogP contribution is 2.55. The van der Waals surface area contributed by atoms with E-state index in [0.717, 1.165) is 0 Å². The Morgan fingerprint density at radius 2 is 1.70 bits per heavy atom. The molecule has 0 bridgehead atoms. The molecule has 20 heavy (non-hydrogen) atoms. The molecule has 0 aliphatic heterocycles. The molecular formula is C15H22O5. The number of carbonyl (C=O) groups excluding carboxylic acids is 3. The van der Waals surface area contributed by atoms with E-state index in [0.29, 0.717) is 19.3 Å². The number of hydrogen-bond donors (Lipinski definition) is 0. The minimum Gasteiger partial charge on any atom is -0.465 e. The second-order valence-electron chi connectivity index (χ2n) is 5.81. The van der Waals surface area contributed by atoms with Crippen LogP contribution in [0.2, 0.25) is 0 Å². The Bertz CT molecular complexity index is 410. The van der Waals surface area contributed by atoms with Gasteiger partial charge in [0.05, 0.1) is 13.2 Å². The third-order valence-corrected chi connectivity index (χ3v) is 4.75. The van der Waals surface area contributed by atoms with Crippen LogP contribution in [0.3, 0.4) is 0 Å². The van der Waals surface area contributed by atoms with Crippen LogP contribution >= 0.6 is 0 Å². The van der Waals surface area contributed by atoms with Crippen molar-refractivity contribution in [2.24, 2.45) is 23.2 Å². The Morgan fingerprint density at radius 1 is 1.15 bits per heavy atom. The van der Waals surface area contributed by atoms with E-state index in [9.17, 15) is 14.4 Å². The van der Waals surface area contributed by atoms with Gasteiger partial charge in [0.2, 0.25) is 0 Å². The zero-order chi connectivity index (χ0) is 14.9. The Hall–Kier alpha value is -1.39. The molecule has 112 valence electrons. The van der Waals surface area contributed by atoms with Crippen LogP contribution in [0.1, 0.15) is 40.0 Å². The molecule has 2 saturated carbocycles. The summed E-state index contributed by atoms with van der Waals surface area (Å²) < 4.78 is 10.2. The molecule has 5 heteroatoms. The second-order valence-corrected chi connectivity index (χ2v) is 5.81. The summed E-state index contributed by atoms with van der Waals surface area (Å²) in [6.45, 7) is 5.81. The van der Waals surface area contributed by atoms with E-state index in [2.05, 4.69) is 0 Å². The highest BCUT2D eigenvalue weighted by Gasteiger charge is 2.61. The predicted octanol–water partition coefficient (Wildman–Crippen LogP) is 1.73. The van der Waals surface area contributed by atoms with Crippen molar-refractivity contribution >= 4 is 17.7 Å². The van der Waals surface area contributed by atoms with Crippen LogP contribution in [-0.4, -0.2) is 30.9 Å². The number of ketones is 1. The largest absolute Gasteiger partial charge is 0.465 e. The third kappa shape index (κ3) is 2.23. The van der Waals surface area contributed by atoms with E-state index in [1.165, 1.54) is 0 Å². The SMILES string of the molecule is CCOC(=O)C1(C(=O)OCC)C[C@@H]2CC(=O)[C@@H](C)[C@@H]2C1. The summed E-state index contributed by atoms with van der Waals surface area (Å²) in [6.07, 6.45) is 1.22. The van der Waals surface area contributed by atoms with Crippen LogP contribution in [0.4, 0.5) is 0 Å². The summed E-state index contributed by atoms with van der Waals surface area (Å²) in [6, 6.07) is 0. The molecule has 2 aliphatic carbocycles. The van der Waals surface area contributed by atoms with Crippen LogP contribution in [0.25, 0.3) is 0 Å². The van der Waals surface area contributed by atoms with Crippen molar-refractivity contribution in [1.82, 2.24) is 0 Å². The molecule has 0 amide bonds. The van der Waals surface area contributed by atoms with Crippen molar-refractivity contribution in [3.63, 3.8) is 0 Å². The first-order chi connectivity index (χ1) is 9.46. The van der Waals surface area contributed by atoms with E-state index in [4.69, 9.17) is 9.47 Å². The lowest BCUT2D eigenvalue weighted by molar-refractivity contribution is -0.172. The van der Waals surface area contributed by atoms with Gasteiger partial charge < -0.3 is 9.47 Å². The average molecular weight is 282 g/mol. The Kier molecular flexibility index (Phi) is 4.16. The number of hydrogen-bond acceptors (Lipinski definition) is 5. The van der Waals surface area contributed by atoms with Crippen molar-refractivity contribution < 1.29 is 23.9 Å². The zero-order valence-electron chi connectivity index (χ0n) is 12.3. The molecule has 0 heterocycles. The number of fused-ring (bicyclic) bond motifs is 1. The van der Waals surface area contributed by atoms with Crippen LogP contribution in [0.15, 0.2) is 0 Å². The molecule has 0 spiro atoms. The molecule has 0 aromatic carbocycles. The van der Waals surface area contributed by atoms with Crippen molar-refractivity contribution in [2.75, 3.05) is 13.2 Å². The fourth-order valence-corrected chi connectivity index (χ4v) is 3.70. The lowest BCUT2D eigenvalue weighted by atomic mass is 9.82. The molecule has 0 radical (unpaired) electrons. The maximum absolute atomic E-state index is 12.3. The van der Waals surface area contributed by atoms with Crippen molar-refractivity contribution in [3.8, 4) is 0 Å². The first-order valence-electron chi connectivity index (χ1n) is 7.33. The molecule has 3 atom stereocenters. The van der Waals surface area contributed by atoms with Crippen LogP contribution in [0, 0.1) is 23.2 Å². The molecule has 0 saturated heterocycles. The van der Waals surface area contributed by atoms with Crippen LogP contribution < -0.4 is 0 Å². The number of rotatable bonds is 4. The van der Waals surface area contributed by atoms with Gasteiger partial charge in [-0.3, -0.25) is 14.4 Å². The monoisotopic (exact) mass is 282 g/mol. The van der Waals surface area contributed by atoms with Gasteiger partial charge in [-0.2, -0.15) is 0 Å². The number of esters is 2. The molecule has 2 fully saturated rings. The molecule has 2 rings (SSSR count). The lowest BCUT2D eigenvalue weighted by Gasteiger charge is -2.25. The first-order valence-corrected chi connectivity index (χ1v) is 7.33. The Balaban J connectivity index is 2.25. The van der Waals surface area contributed by atoms with E-state index in [1.54, 1.807) is 13.8 Å². The predicted molar refractivity (Wildman–Crippen MR) is 70.7 cm³/mol. The van der Waals surface area contributed by atoms with Gasteiger partial charge in [0.25, 0.3) is 0 Å². The van der Waals surface area contributed by atoms with Crippen LogP contribution in [-0.2, 0) is 23.9 Å². The molecular weight excluding hydrogens is 260 g/mol. The van der Waals surface area contributed by atoms with E-state index in [-0.39, 0.29) is 36.8 Å². The average Bonchev–Trinajstić information content (AvgIpc) is 2.89. The summed E-state index contributed by atoms with van der Waals surface area (Å²) >= 11 is 0. The van der Waals surface area contributed by atoms with Gasteiger partial charge in [-0.05, 0) is 38.5 Å². The van der Waals surface area contributed by atoms with Gasteiger partial charge >= 0.3 is 11.9 Å². The maximum Gasteiger partial charge on any atom is 0.323 e. The van der Waals surface area contributed by atoms with Gasteiger partial charge in [0.15, 0.2) is 5.41 Å². The second kappa shape index (κ2) is 5.54. The molecule has 2 aliphatic rings. The fourth-order valence-electron chi connectivity index (χ4n) is 3.70. The van der Waals surface area contributed by atoms with Crippen molar-refractivity contribution in [3.05, 3.63) is 0 Å². The highest BCUT2D eigenvalue weighted by atomic mass is 16.6. The van der Waals surface area contributed by atoms with E-state index >= 15 is 0 Å². The number of carbonyl (C=O) groups is 3. The van der Waals surface area contributed by atoms with Gasteiger partial charge in [-0.25, -0.2) is 0 Å². The van der Waals surface area contributed by atoms with E-state index in [1.807, 2.05) is 6.92 Å². The Labute approximate surface area is 119 Å². The quantitative estimate of drug-likeness (QED) is 0.580. The summed E-state index contributed by atoms with van der Waals surface area (Å²) in [7, 11) is 0. The standard InChI is InChI=1S/C15H22O5/c1-4-19-13(17)15(14(18)20-5-2)7-10-6-12(16)9(3)11(10)8-15/h9-11H,4-8H2,1-3H3/t9-,10-,11-/m0/s1. The molecule has 0 aromatic heterocycles.